The summed E-state index contributed by atoms with van der Waals surface area (Å²) >= 11 is 0. The number of nitrogens with one attached hydrogen (secondary N) is 1. The Kier molecular flexibility index (Phi) is 3.72. The zero-order chi connectivity index (χ0) is 13.0. The summed E-state index contributed by atoms with van der Waals surface area (Å²) in [5.74, 6) is 1.44. The number of ether oxygens (including phenoxy) is 3. The van der Waals surface area contributed by atoms with Gasteiger partial charge in [0.2, 0.25) is 0 Å². The molecule has 0 saturated heterocycles. The van der Waals surface area contributed by atoms with E-state index < -0.39 is 6.09 Å². The highest BCUT2D eigenvalue weighted by Crippen LogP contribution is 2.33. The van der Waals surface area contributed by atoms with Crippen LogP contribution in [-0.4, -0.2) is 26.4 Å². The van der Waals surface area contributed by atoms with Gasteiger partial charge in [-0.15, -0.1) is 0 Å². The van der Waals surface area contributed by atoms with Crippen LogP contribution in [0.4, 0.5) is 4.79 Å². The summed E-state index contributed by atoms with van der Waals surface area (Å²) in [6.07, 6.45) is 1.35. The van der Waals surface area contributed by atoms with Gasteiger partial charge in [-0.2, -0.15) is 0 Å². The quantitative estimate of drug-likeness (QED) is 0.892. The molecule has 1 N–H and O–H groups in total. The van der Waals surface area contributed by atoms with Gasteiger partial charge >= 0.3 is 6.09 Å². The minimum atomic E-state index is -0.481. The van der Waals surface area contributed by atoms with Crippen molar-refractivity contribution in [1.29, 1.82) is 0 Å². The van der Waals surface area contributed by atoms with Crippen molar-refractivity contribution >= 4 is 12.2 Å². The monoisotopic (exact) mass is 249 g/mol. The highest BCUT2D eigenvalue weighted by Gasteiger charge is 2.16. The van der Waals surface area contributed by atoms with E-state index in [4.69, 9.17) is 14.2 Å². The van der Waals surface area contributed by atoms with Crippen molar-refractivity contribution in [3.05, 3.63) is 29.5 Å². The van der Waals surface area contributed by atoms with Gasteiger partial charge in [-0.25, -0.2) is 4.79 Å². The van der Waals surface area contributed by atoms with Gasteiger partial charge in [-0.3, -0.25) is 5.32 Å². The molecule has 1 aliphatic heterocycles. The first-order valence-corrected chi connectivity index (χ1v) is 5.68. The Bertz CT molecular complexity index is 482. The van der Waals surface area contributed by atoms with Crippen molar-refractivity contribution in [3.63, 3.8) is 0 Å². The number of hydrogen-bond donors (Lipinski definition) is 1. The maximum atomic E-state index is 11.3. The first-order chi connectivity index (χ1) is 8.74. The summed E-state index contributed by atoms with van der Waals surface area (Å²) in [6.45, 7) is 2.39. The van der Waals surface area contributed by atoms with E-state index in [0.717, 1.165) is 11.3 Å². The predicted octanol–water partition coefficient (Wildman–Crippen LogP) is 2.17. The molecule has 18 heavy (non-hydrogen) atoms. The Morgan fingerprint density at radius 1 is 1.50 bits per heavy atom. The largest absolute Gasteiger partial charge is 0.496 e. The molecule has 0 aliphatic carbocycles. The molecule has 1 aliphatic rings. The molecule has 0 bridgehead atoms. The lowest BCUT2D eigenvalue weighted by atomic mass is 10.1. The molecule has 0 atom stereocenters. The maximum Gasteiger partial charge on any atom is 0.411 e. The number of alkyl carbamates (subject to hydrolysis) is 1. The number of carbonyl (C=O) groups is 1. The SMILES string of the molecule is CCOC(=O)NC1=Cc2c(OC)cccc2OC1. The van der Waals surface area contributed by atoms with Gasteiger partial charge in [0, 0.05) is 0 Å². The summed E-state index contributed by atoms with van der Waals surface area (Å²) in [6, 6.07) is 5.55. The van der Waals surface area contributed by atoms with Crippen LogP contribution < -0.4 is 14.8 Å². The van der Waals surface area contributed by atoms with Crippen molar-refractivity contribution in [2.75, 3.05) is 20.3 Å². The van der Waals surface area contributed by atoms with Gasteiger partial charge in [0.1, 0.15) is 18.1 Å². The molecule has 2 rings (SSSR count). The molecule has 0 spiro atoms. The number of hydrogen-bond acceptors (Lipinski definition) is 4. The molecule has 96 valence electrons. The van der Waals surface area contributed by atoms with Gasteiger partial charge in [0.05, 0.1) is 25.0 Å². The van der Waals surface area contributed by atoms with Crippen LogP contribution in [0.2, 0.25) is 0 Å². The second-order valence-electron chi connectivity index (χ2n) is 3.68. The number of rotatable bonds is 3. The zero-order valence-corrected chi connectivity index (χ0v) is 10.4. The molecule has 1 heterocycles. The van der Waals surface area contributed by atoms with Crippen molar-refractivity contribution in [1.82, 2.24) is 5.32 Å². The lowest BCUT2D eigenvalue weighted by Gasteiger charge is -2.19. The summed E-state index contributed by atoms with van der Waals surface area (Å²) in [5.41, 5.74) is 1.46. The van der Waals surface area contributed by atoms with Crippen molar-refractivity contribution in [2.45, 2.75) is 6.92 Å². The van der Waals surface area contributed by atoms with Gasteiger partial charge in [0.25, 0.3) is 0 Å². The van der Waals surface area contributed by atoms with Crippen LogP contribution in [0.5, 0.6) is 11.5 Å². The first kappa shape index (κ1) is 12.3. The molecular weight excluding hydrogens is 234 g/mol. The summed E-state index contributed by atoms with van der Waals surface area (Å²) in [5, 5.41) is 2.63. The van der Waals surface area contributed by atoms with Gasteiger partial charge < -0.3 is 14.2 Å². The number of carbonyl (C=O) groups excluding carboxylic acids is 1. The van der Waals surface area contributed by atoms with Crippen LogP contribution in [0, 0.1) is 0 Å². The Balaban J connectivity index is 2.21. The Hall–Kier alpha value is -2.17. The zero-order valence-electron chi connectivity index (χ0n) is 10.4. The smallest absolute Gasteiger partial charge is 0.411 e. The fourth-order valence-electron chi connectivity index (χ4n) is 1.71. The normalized spacial score (nSPS) is 12.9. The summed E-state index contributed by atoms with van der Waals surface area (Å²) in [7, 11) is 1.59. The third-order valence-corrected chi connectivity index (χ3v) is 2.49. The van der Waals surface area contributed by atoms with E-state index in [1.807, 2.05) is 24.3 Å². The van der Waals surface area contributed by atoms with Crippen molar-refractivity contribution < 1.29 is 19.0 Å². The molecule has 0 unspecified atom stereocenters. The third-order valence-electron chi connectivity index (χ3n) is 2.49. The lowest BCUT2D eigenvalue weighted by molar-refractivity contribution is 0.153. The standard InChI is InChI=1S/C13H15NO4/c1-3-17-13(15)14-9-7-10-11(16-2)5-4-6-12(10)18-8-9/h4-7H,3,8H2,1-2H3,(H,14,15). The van der Waals surface area contributed by atoms with Gasteiger partial charge in [-0.1, -0.05) is 6.07 Å². The number of methoxy groups -OCH3 is 1. The third kappa shape index (κ3) is 2.56. The molecule has 1 amide bonds. The second kappa shape index (κ2) is 5.44. The molecule has 0 aromatic heterocycles. The van der Waals surface area contributed by atoms with E-state index in [2.05, 4.69) is 5.32 Å². The number of fused-ring (bicyclic) bond motifs is 1. The molecule has 0 fully saturated rings. The molecular formula is C13H15NO4. The van der Waals surface area contributed by atoms with E-state index in [9.17, 15) is 4.79 Å². The van der Waals surface area contributed by atoms with Gasteiger partial charge in [-0.05, 0) is 25.1 Å². The maximum absolute atomic E-state index is 11.3. The van der Waals surface area contributed by atoms with Crippen molar-refractivity contribution in [2.24, 2.45) is 0 Å². The molecule has 0 saturated carbocycles. The van der Waals surface area contributed by atoms with E-state index in [0.29, 0.717) is 24.7 Å². The predicted molar refractivity (Wildman–Crippen MR) is 66.6 cm³/mol. The average Bonchev–Trinajstić information content (AvgIpc) is 2.38. The van der Waals surface area contributed by atoms with Crippen LogP contribution in [0.3, 0.4) is 0 Å². The van der Waals surface area contributed by atoms with E-state index in [1.165, 1.54) is 0 Å². The fourth-order valence-corrected chi connectivity index (χ4v) is 1.71. The summed E-state index contributed by atoms with van der Waals surface area (Å²) in [4.78, 5) is 11.3. The Morgan fingerprint density at radius 2 is 2.33 bits per heavy atom. The van der Waals surface area contributed by atoms with E-state index >= 15 is 0 Å². The van der Waals surface area contributed by atoms with Crippen LogP contribution >= 0.6 is 0 Å². The topological polar surface area (TPSA) is 56.8 Å². The minimum absolute atomic E-state index is 0.305. The highest BCUT2D eigenvalue weighted by atomic mass is 16.5. The summed E-state index contributed by atoms with van der Waals surface area (Å²) < 4.78 is 15.6. The molecule has 1 aromatic rings. The second-order valence-corrected chi connectivity index (χ2v) is 3.68. The van der Waals surface area contributed by atoms with Crippen LogP contribution in [-0.2, 0) is 4.74 Å². The molecule has 1 aromatic carbocycles. The van der Waals surface area contributed by atoms with E-state index in [-0.39, 0.29) is 0 Å². The molecule has 0 radical (unpaired) electrons. The van der Waals surface area contributed by atoms with Crippen LogP contribution in [0.25, 0.3) is 6.08 Å². The minimum Gasteiger partial charge on any atom is -0.496 e. The average molecular weight is 249 g/mol. The lowest BCUT2D eigenvalue weighted by Crippen LogP contribution is -2.28. The molecule has 5 nitrogen and oxygen atoms in total. The number of benzene rings is 1. The first-order valence-electron chi connectivity index (χ1n) is 5.68. The van der Waals surface area contributed by atoms with Gasteiger partial charge in [0.15, 0.2) is 0 Å². The molecule has 5 heteroatoms. The van der Waals surface area contributed by atoms with Crippen LogP contribution in [0.15, 0.2) is 23.9 Å². The fraction of sp³-hybridized carbons (Fsp3) is 0.308. The van der Waals surface area contributed by atoms with Crippen LogP contribution in [0.1, 0.15) is 12.5 Å². The number of amides is 1. The van der Waals surface area contributed by atoms with E-state index in [1.54, 1.807) is 14.0 Å². The Morgan fingerprint density at radius 3 is 3.06 bits per heavy atom. The Labute approximate surface area is 105 Å². The van der Waals surface area contributed by atoms with Crippen molar-refractivity contribution in [3.8, 4) is 11.5 Å². The highest BCUT2D eigenvalue weighted by molar-refractivity contribution is 5.75.